The van der Waals surface area contributed by atoms with Crippen LogP contribution in [0.1, 0.15) is 23.0 Å². The van der Waals surface area contributed by atoms with Gasteiger partial charge in [-0.15, -0.1) is 0 Å². The van der Waals surface area contributed by atoms with Crippen LogP contribution in [0.5, 0.6) is 5.75 Å². The summed E-state index contributed by atoms with van der Waals surface area (Å²) in [7, 11) is 0. The van der Waals surface area contributed by atoms with Gasteiger partial charge >= 0.3 is 0 Å². The third-order valence-electron chi connectivity index (χ3n) is 3.18. The van der Waals surface area contributed by atoms with Crippen LogP contribution in [-0.4, -0.2) is 25.7 Å². The van der Waals surface area contributed by atoms with E-state index in [2.05, 4.69) is 10.1 Å². The Morgan fingerprint density at radius 1 is 1.25 bits per heavy atom. The Labute approximate surface area is 115 Å². The minimum atomic E-state index is -0.123. The Morgan fingerprint density at radius 2 is 2.00 bits per heavy atom. The molecule has 0 aliphatic heterocycles. The molecule has 0 saturated heterocycles. The number of phenolic OH excluding ortho intramolecular Hbond substituents is 1. The van der Waals surface area contributed by atoms with Gasteiger partial charge in [-0.25, -0.2) is 0 Å². The highest BCUT2D eigenvalue weighted by molar-refractivity contribution is 6.14. The summed E-state index contributed by atoms with van der Waals surface area (Å²) >= 11 is 0. The number of benzene rings is 1. The number of hydrogen-bond acceptors (Lipinski definition) is 4. The lowest BCUT2D eigenvalue weighted by atomic mass is 10.1. The molecule has 0 saturated carbocycles. The van der Waals surface area contributed by atoms with E-state index in [1.807, 2.05) is 6.92 Å². The maximum atomic E-state index is 12.6. The van der Waals surface area contributed by atoms with Crippen molar-refractivity contribution in [1.29, 1.82) is 0 Å². The summed E-state index contributed by atoms with van der Waals surface area (Å²) in [6.45, 7) is 2.54. The minimum absolute atomic E-state index is 0.123. The molecule has 0 amide bonds. The summed E-state index contributed by atoms with van der Waals surface area (Å²) in [5.41, 5.74) is 1.80. The first-order valence-electron chi connectivity index (χ1n) is 6.35. The average Bonchev–Trinajstić information content (AvgIpc) is 2.85. The van der Waals surface area contributed by atoms with Gasteiger partial charge < -0.3 is 5.11 Å². The first-order chi connectivity index (χ1) is 9.70. The first kappa shape index (κ1) is 12.3. The second-order valence-corrected chi connectivity index (χ2v) is 4.43. The molecule has 0 aliphatic rings. The molecule has 5 heteroatoms. The molecule has 0 unspecified atom stereocenters. The molecule has 0 radical (unpaired) electrons. The van der Waals surface area contributed by atoms with Gasteiger partial charge in [0.25, 0.3) is 0 Å². The lowest BCUT2D eigenvalue weighted by Crippen LogP contribution is -2.10. The van der Waals surface area contributed by atoms with E-state index in [0.29, 0.717) is 17.8 Å². The first-order valence-corrected chi connectivity index (χ1v) is 6.35. The normalized spacial score (nSPS) is 10.8. The molecule has 1 aromatic carbocycles. The quantitative estimate of drug-likeness (QED) is 0.740. The van der Waals surface area contributed by atoms with Crippen LogP contribution in [0.3, 0.4) is 0 Å². The highest BCUT2D eigenvalue weighted by Crippen LogP contribution is 2.21. The summed E-state index contributed by atoms with van der Waals surface area (Å²) in [5, 5.41) is 14.4. The van der Waals surface area contributed by atoms with Gasteiger partial charge in [-0.2, -0.15) is 5.10 Å². The number of ketones is 1. The predicted molar refractivity (Wildman–Crippen MR) is 74.7 cm³/mol. The number of phenols is 1. The fraction of sp³-hybridized carbons (Fsp3) is 0.133. The number of fused-ring (bicyclic) bond motifs is 1. The summed E-state index contributed by atoms with van der Waals surface area (Å²) < 4.78 is 1.68. The zero-order valence-electron chi connectivity index (χ0n) is 10.9. The van der Waals surface area contributed by atoms with Crippen LogP contribution in [-0.2, 0) is 6.54 Å². The Bertz CT molecular complexity index is 775. The van der Waals surface area contributed by atoms with Crippen LogP contribution in [0.25, 0.3) is 10.9 Å². The van der Waals surface area contributed by atoms with Gasteiger partial charge in [-0.3, -0.25) is 14.5 Å². The van der Waals surface area contributed by atoms with Gasteiger partial charge in [-0.1, -0.05) is 0 Å². The monoisotopic (exact) mass is 267 g/mol. The number of hydrogen-bond donors (Lipinski definition) is 1. The van der Waals surface area contributed by atoms with Gasteiger partial charge in [-0.05, 0) is 37.3 Å². The van der Waals surface area contributed by atoms with Crippen molar-refractivity contribution in [3.05, 3.63) is 54.0 Å². The van der Waals surface area contributed by atoms with Crippen LogP contribution >= 0.6 is 0 Å². The molecule has 0 bridgehead atoms. The molecular formula is C15H13N3O2. The Morgan fingerprint density at radius 3 is 2.70 bits per heavy atom. The van der Waals surface area contributed by atoms with Crippen molar-refractivity contribution in [3.8, 4) is 5.75 Å². The van der Waals surface area contributed by atoms with E-state index >= 15 is 0 Å². The van der Waals surface area contributed by atoms with Gasteiger partial charge in [0, 0.05) is 29.9 Å². The van der Waals surface area contributed by atoms with Gasteiger partial charge in [0.1, 0.15) is 11.4 Å². The van der Waals surface area contributed by atoms with Crippen molar-refractivity contribution >= 4 is 16.7 Å². The topological polar surface area (TPSA) is 68.0 Å². The maximum Gasteiger partial charge on any atom is 0.211 e. The fourth-order valence-corrected chi connectivity index (χ4v) is 2.19. The van der Waals surface area contributed by atoms with Crippen molar-refractivity contribution < 1.29 is 9.90 Å². The number of rotatable bonds is 3. The van der Waals surface area contributed by atoms with Crippen molar-refractivity contribution in [2.24, 2.45) is 0 Å². The van der Waals surface area contributed by atoms with Crippen LogP contribution in [0.2, 0.25) is 0 Å². The third kappa shape index (κ3) is 1.93. The van der Waals surface area contributed by atoms with Crippen LogP contribution in [0.4, 0.5) is 0 Å². The Balaban J connectivity index is 2.17. The number of aromatic nitrogens is 3. The molecule has 3 aromatic rings. The molecular weight excluding hydrogens is 254 g/mol. The average molecular weight is 267 g/mol. The number of aryl methyl sites for hydroxylation is 1. The Kier molecular flexibility index (Phi) is 2.95. The lowest BCUT2D eigenvalue weighted by molar-refractivity contribution is 0.103. The fourth-order valence-electron chi connectivity index (χ4n) is 2.19. The molecule has 0 fully saturated rings. The van der Waals surface area contributed by atoms with Crippen LogP contribution in [0, 0.1) is 0 Å². The summed E-state index contributed by atoms with van der Waals surface area (Å²) in [6, 6.07) is 8.00. The van der Waals surface area contributed by atoms with E-state index in [1.54, 1.807) is 35.3 Å². The zero-order chi connectivity index (χ0) is 14.1. The number of aromatic hydroxyl groups is 1. The van der Waals surface area contributed by atoms with E-state index in [4.69, 9.17) is 0 Å². The largest absolute Gasteiger partial charge is 0.508 e. The molecule has 20 heavy (non-hydrogen) atoms. The van der Waals surface area contributed by atoms with Crippen molar-refractivity contribution in [3.63, 3.8) is 0 Å². The molecule has 0 spiro atoms. The van der Waals surface area contributed by atoms with Crippen molar-refractivity contribution in [1.82, 2.24) is 14.8 Å². The number of carbonyl (C=O) groups is 1. The smallest absolute Gasteiger partial charge is 0.211 e. The molecule has 5 nitrogen and oxygen atoms in total. The van der Waals surface area contributed by atoms with Gasteiger partial charge in [0.2, 0.25) is 5.78 Å². The van der Waals surface area contributed by atoms with Crippen molar-refractivity contribution in [2.75, 3.05) is 0 Å². The minimum Gasteiger partial charge on any atom is -0.508 e. The summed E-state index contributed by atoms with van der Waals surface area (Å²) in [4.78, 5) is 16.7. The summed E-state index contributed by atoms with van der Waals surface area (Å²) in [5.74, 6) is 0.0134. The standard InChI is InChI=1S/C15H13N3O2/c1-2-18-14(12-9-16-8-7-13(12)17-18)15(20)10-3-5-11(19)6-4-10/h3-9,19H,2H2,1H3. The second kappa shape index (κ2) is 4.77. The van der Waals surface area contributed by atoms with E-state index in [-0.39, 0.29) is 11.5 Å². The van der Waals surface area contributed by atoms with E-state index in [9.17, 15) is 9.90 Å². The maximum absolute atomic E-state index is 12.6. The molecule has 1 N–H and O–H groups in total. The second-order valence-electron chi connectivity index (χ2n) is 4.43. The van der Waals surface area contributed by atoms with E-state index in [1.165, 1.54) is 12.1 Å². The van der Waals surface area contributed by atoms with E-state index in [0.717, 1.165) is 10.9 Å². The third-order valence-corrected chi connectivity index (χ3v) is 3.18. The molecule has 3 rings (SSSR count). The molecule has 0 atom stereocenters. The van der Waals surface area contributed by atoms with Gasteiger partial charge in [0.05, 0.1) is 5.52 Å². The number of pyridine rings is 1. The predicted octanol–water partition coefficient (Wildman–Crippen LogP) is 2.39. The summed E-state index contributed by atoms with van der Waals surface area (Å²) in [6.07, 6.45) is 3.31. The van der Waals surface area contributed by atoms with Crippen LogP contribution in [0.15, 0.2) is 42.7 Å². The molecule has 2 aromatic heterocycles. The molecule has 100 valence electrons. The zero-order valence-corrected chi connectivity index (χ0v) is 10.9. The lowest BCUT2D eigenvalue weighted by Gasteiger charge is -2.04. The van der Waals surface area contributed by atoms with Gasteiger partial charge in [0.15, 0.2) is 0 Å². The molecule has 0 aliphatic carbocycles. The van der Waals surface area contributed by atoms with E-state index < -0.39 is 0 Å². The highest BCUT2D eigenvalue weighted by atomic mass is 16.3. The number of nitrogens with zero attached hydrogens (tertiary/aromatic N) is 3. The SMILES string of the molecule is CCn1nc2ccncc2c1C(=O)c1ccc(O)cc1. The van der Waals surface area contributed by atoms with Crippen LogP contribution < -0.4 is 0 Å². The van der Waals surface area contributed by atoms with Crippen molar-refractivity contribution in [2.45, 2.75) is 13.5 Å². The molecule has 2 heterocycles. The Hall–Kier alpha value is -2.69. The number of carbonyl (C=O) groups excluding carboxylic acids is 1. The highest BCUT2D eigenvalue weighted by Gasteiger charge is 2.19.